The maximum Gasteiger partial charge on any atom is 0.245 e. The average Bonchev–Trinajstić information content (AvgIpc) is 2.77. The summed E-state index contributed by atoms with van der Waals surface area (Å²) in [5.41, 5.74) is 0.874. The van der Waals surface area contributed by atoms with Crippen LogP contribution in [0.5, 0.6) is 0 Å². The number of para-hydroxylation sites is 1. The topological polar surface area (TPSA) is 78.1 Å². The first-order valence-electron chi connectivity index (χ1n) is 7.25. The van der Waals surface area contributed by atoms with Crippen LogP contribution in [0.1, 0.15) is 25.7 Å². The quantitative estimate of drug-likeness (QED) is 0.904. The van der Waals surface area contributed by atoms with Crippen LogP contribution in [0, 0.1) is 0 Å². The van der Waals surface area contributed by atoms with Crippen molar-refractivity contribution in [1.29, 1.82) is 0 Å². The summed E-state index contributed by atoms with van der Waals surface area (Å²) in [5.74, 6) is 0.370. The minimum absolute atomic E-state index is 0.0644. The van der Waals surface area contributed by atoms with Gasteiger partial charge in [0.05, 0.1) is 12.1 Å². The summed E-state index contributed by atoms with van der Waals surface area (Å²) in [4.78, 5) is 25.6. The number of carbonyl (C=O) groups excluding carboxylic acids is 2. The Morgan fingerprint density at radius 2 is 2.14 bits per heavy atom. The van der Waals surface area contributed by atoms with E-state index in [9.17, 15) is 9.59 Å². The van der Waals surface area contributed by atoms with Crippen molar-refractivity contribution in [1.82, 2.24) is 15.1 Å². The molecule has 0 aliphatic carbocycles. The number of fused-ring (bicyclic) bond motifs is 1. The lowest BCUT2D eigenvalue weighted by Crippen LogP contribution is -2.37. The molecule has 1 fully saturated rings. The second-order valence-corrected chi connectivity index (χ2v) is 5.29. The molecule has 0 atom stereocenters. The van der Waals surface area contributed by atoms with E-state index in [4.69, 9.17) is 0 Å². The summed E-state index contributed by atoms with van der Waals surface area (Å²) < 4.78 is 0. The molecule has 1 aliphatic rings. The molecule has 2 aromatic rings. The van der Waals surface area contributed by atoms with E-state index >= 15 is 0 Å². The summed E-state index contributed by atoms with van der Waals surface area (Å²) in [6, 6.07) is 7.59. The molecule has 110 valence electrons. The standard InChI is InChI=1S/C15H18N4O2/c20-13(10-19-9-5-1-2-8-14(19)21)16-15-11-6-3-4-7-12(11)17-18-15/h3-4,6-7H,1-2,5,8-10H2,(H2,16,17,18,20). The predicted molar refractivity (Wildman–Crippen MR) is 79.8 cm³/mol. The van der Waals surface area contributed by atoms with E-state index < -0.39 is 0 Å². The van der Waals surface area contributed by atoms with Gasteiger partial charge in [-0.1, -0.05) is 18.6 Å². The number of rotatable bonds is 3. The van der Waals surface area contributed by atoms with Crippen molar-refractivity contribution in [2.24, 2.45) is 0 Å². The first-order valence-corrected chi connectivity index (χ1v) is 7.25. The maximum atomic E-state index is 12.1. The van der Waals surface area contributed by atoms with Gasteiger partial charge in [0.15, 0.2) is 5.82 Å². The number of hydrogen-bond acceptors (Lipinski definition) is 3. The van der Waals surface area contributed by atoms with E-state index in [0.717, 1.165) is 30.2 Å². The molecule has 1 aromatic carbocycles. The second kappa shape index (κ2) is 5.95. The maximum absolute atomic E-state index is 12.1. The Kier molecular flexibility index (Phi) is 3.85. The van der Waals surface area contributed by atoms with Crippen LogP contribution < -0.4 is 5.32 Å². The molecule has 6 heteroatoms. The van der Waals surface area contributed by atoms with Crippen LogP contribution in [0.15, 0.2) is 24.3 Å². The average molecular weight is 286 g/mol. The molecule has 2 N–H and O–H groups in total. The predicted octanol–water partition coefficient (Wildman–Crippen LogP) is 1.90. The number of nitrogens with one attached hydrogen (secondary N) is 2. The molecule has 0 unspecified atom stereocenters. The number of H-pyrrole nitrogens is 1. The Hall–Kier alpha value is -2.37. The normalized spacial score (nSPS) is 16.0. The monoisotopic (exact) mass is 286 g/mol. The number of hydrogen-bond donors (Lipinski definition) is 2. The van der Waals surface area contributed by atoms with E-state index in [0.29, 0.717) is 18.8 Å². The molecule has 3 rings (SSSR count). The number of aromatic nitrogens is 2. The Labute approximate surface area is 122 Å². The Morgan fingerprint density at radius 1 is 1.29 bits per heavy atom. The van der Waals surface area contributed by atoms with Crippen LogP contribution in [-0.2, 0) is 9.59 Å². The lowest BCUT2D eigenvalue weighted by molar-refractivity contribution is -0.134. The van der Waals surface area contributed by atoms with Gasteiger partial charge in [-0.25, -0.2) is 0 Å². The van der Waals surface area contributed by atoms with Gasteiger partial charge in [0.25, 0.3) is 0 Å². The van der Waals surface area contributed by atoms with E-state index in [1.807, 2.05) is 24.3 Å². The van der Waals surface area contributed by atoms with Crippen molar-refractivity contribution < 1.29 is 9.59 Å². The highest BCUT2D eigenvalue weighted by molar-refractivity contribution is 6.01. The zero-order valence-electron chi connectivity index (χ0n) is 11.8. The van der Waals surface area contributed by atoms with E-state index in [-0.39, 0.29) is 18.4 Å². The number of aromatic amines is 1. The molecule has 0 spiro atoms. The zero-order valence-corrected chi connectivity index (χ0v) is 11.8. The van der Waals surface area contributed by atoms with Gasteiger partial charge >= 0.3 is 0 Å². The molecule has 6 nitrogen and oxygen atoms in total. The molecule has 1 saturated heterocycles. The van der Waals surface area contributed by atoms with Crippen molar-refractivity contribution in [3.8, 4) is 0 Å². The summed E-state index contributed by atoms with van der Waals surface area (Å²) in [5, 5.41) is 10.6. The fraction of sp³-hybridized carbons (Fsp3) is 0.400. The molecular weight excluding hydrogens is 268 g/mol. The molecule has 2 heterocycles. The summed E-state index contributed by atoms with van der Waals surface area (Å²) in [6.45, 7) is 0.758. The first kappa shape index (κ1) is 13.6. The SMILES string of the molecule is O=C(CN1CCCCCC1=O)Nc1n[nH]c2ccccc12. The highest BCUT2D eigenvalue weighted by atomic mass is 16.2. The molecule has 0 saturated carbocycles. The van der Waals surface area contributed by atoms with Gasteiger partial charge in [-0.15, -0.1) is 0 Å². The molecule has 1 aromatic heterocycles. The van der Waals surface area contributed by atoms with Crippen LogP contribution in [0.25, 0.3) is 10.9 Å². The van der Waals surface area contributed by atoms with Crippen LogP contribution in [0.2, 0.25) is 0 Å². The van der Waals surface area contributed by atoms with Gasteiger partial charge in [-0.3, -0.25) is 14.7 Å². The fourth-order valence-corrected chi connectivity index (χ4v) is 2.61. The van der Waals surface area contributed by atoms with Crippen LogP contribution in [0.4, 0.5) is 5.82 Å². The van der Waals surface area contributed by atoms with E-state index in [2.05, 4.69) is 15.5 Å². The number of benzene rings is 1. The number of nitrogens with zero attached hydrogens (tertiary/aromatic N) is 2. The smallest absolute Gasteiger partial charge is 0.245 e. The first-order chi connectivity index (χ1) is 10.2. The third-order valence-corrected chi connectivity index (χ3v) is 3.73. The minimum Gasteiger partial charge on any atom is -0.333 e. The molecule has 2 amide bonds. The zero-order chi connectivity index (χ0) is 14.7. The second-order valence-electron chi connectivity index (χ2n) is 5.29. The van der Waals surface area contributed by atoms with Crippen molar-refractivity contribution in [2.45, 2.75) is 25.7 Å². The highest BCUT2D eigenvalue weighted by Gasteiger charge is 2.19. The Balaban J connectivity index is 1.67. The third-order valence-electron chi connectivity index (χ3n) is 3.73. The number of amides is 2. The van der Waals surface area contributed by atoms with Crippen molar-refractivity contribution in [3.63, 3.8) is 0 Å². The van der Waals surface area contributed by atoms with Gasteiger partial charge in [0.1, 0.15) is 0 Å². The van der Waals surface area contributed by atoms with Crippen LogP contribution in [-0.4, -0.2) is 40.0 Å². The van der Waals surface area contributed by atoms with Gasteiger partial charge < -0.3 is 10.2 Å². The Bertz CT molecular complexity index is 664. The number of likely N-dealkylation sites (tertiary alicyclic amines) is 1. The molecular formula is C15H18N4O2. The summed E-state index contributed by atoms with van der Waals surface area (Å²) in [6.07, 6.45) is 3.47. The van der Waals surface area contributed by atoms with E-state index in [1.165, 1.54) is 0 Å². The van der Waals surface area contributed by atoms with Gasteiger partial charge in [-0.2, -0.15) is 5.10 Å². The molecule has 1 aliphatic heterocycles. The minimum atomic E-state index is -0.206. The van der Waals surface area contributed by atoms with Crippen molar-refractivity contribution >= 4 is 28.5 Å². The fourth-order valence-electron chi connectivity index (χ4n) is 2.61. The number of anilines is 1. The third kappa shape index (κ3) is 3.04. The van der Waals surface area contributed by atoms with Gasteiger partial charge in [-0.05, 0) is 25.0 Å². The van der Waals surface area contributed by atoms with E-state index in [1.54, 1.807) is 4.90 Å². The summed E-state index contributed by atoms with van der Waals surface area (Å²) >= 11 is 0. The highest BCUT2D eigenvalue weighted by Crippen LogP contribution is 2.19. The molecule has 0 bridgehead atoms. The van der Waals surface area contributed by atoms with Crippen molar-refractivity contribution in [3.05, 3.63) is 24.3 Å². The van der Waals surface area contributed by atoms with Crippen molar-refractivity contribution in [2.75, 3.05) is 18.4 Å². The van der Waals surface area contributed by atoms with Gasteiger partial charge in [0.2, 0.25) is 11.8 Å². The Morgan fingerprint density at radius 3 is 3.05 bits per heavy atom. The summed E-state index contributed by atoms with van der Waals surface area (Å²) in [7, 11) is 0. The van der Waals surface area contributed by atoms with Crippen LogP contribution >= 0.6 is 0 Å². The van der Waals surface area contributed by atoms with Crippen LogP contribution in [0.3, 0.4) is 0 Å². The molecule has 0 radical (unpaired) electrons. The number of carbonyl (C=O) groups is 2. The lowest BCUT2D eigenvalue weighted by Gasteiger charge is -2.19. The molecule has 21 heavy (non-hydrogen) atoms. The largest absolute Gasteiger partial charge is 0.333 e. The lowest BCUT2D eigenvalue weighted by atomic mass is 10.2. The van der Waals surface area contributed by atoms with Gasteiger partial charge in [0, 0.05) is 18.4 Å².